The number of benzene rings is 1. The van der Waals surface area contributed by atoms with E-state index in [4.69, 9.17) is 5.73 Å². The van der Waals surface area contributed by atoms with Crippen molar-refractivity contribution in [1.29, 1.82) is 0 Å². The van der Waals surface area contributed by atoms with Crippen LogP contribution in [0, 0.1) is 5.82 Å². The van der Waals surface area contributed by atoms with Gasteiger partial charge in [-0.2, -0.15) is 8.78 Å². The summed E-state index contributed by atoms with van der Waals surface area (Å²) in [5.41, 5.74) is 5.69. The summed E-state index contributed by atoms with van der Waals surface area (Å²) in [5, 5.41) is 0. The molecular weight excluding hydrogens is 195 g/mol. The normalized spacial score (nSPS) is 13.0. The summed E-state index contributed by atoms with van der Waals surface area (Å²) in [5.74, 6) is -0.615. The van der Waals surface area contributed by atoms with Crippen LogP contribution in [0.2, 0.25) is 0 Å². The quantitative estimate of drug-likeness (QED) is 0.822. The van der Waals surface area contributed by atoms with E-state index in [1.807, 2.05) is 0 Å². The summed E-state index contributed by atoms with van der Waals surface area (Å²) in [6, 6.07) is 2.71. The minimum absolute atomic E-state index is 0.0867. The molecule has 78 valence electrons. The van der Waals surface area contributed by atoms with Crippen LogP contribution >= 0.6 is 0 Å². The summed E-state index contributed by atoms with van der Waals surface area (Å²) in [7, 11) is 0. The van der Waals surface area contributed by atoms with Gasteiger partial charge in [-0.1, -0.05) is 0 Å². The fraction of sp³-hybridized carbons (Fsp3) is 0.333. The lowest BCUT2D eigenvalue weighted by Gasteiger charge is -2.12. The molecule has 2 nitrogen and oxygen atoms in total. The number of hydrogen-bond donors (Lipinski definition) is 1. The van der Waals surface area contributed by atoms with Crippen molar-refractivity contribution in [2.75, 3.05) is 0 Å². The van der Waals surface area contributed by atoms with Crippen molar-refractivity contribution in [3.63, 3.8) is 0 Å². The highest BCUT2D eigenvalue weighted by Gasteiger charge is 2.13. The molecule has 0 aromatic heterocycles. The number of hydrogen-bond acceptors (Lipinski definition) is 2. The van der Waals surface area contributed by atoms with Crippen molar-refractivity contribution >= 4 is 0 Å². The molecule has 0 bridgehead atoms. The van der Waals surface area contributed by atoms with Gasteiger partial charge in [-0.05, 0) is 25.1 Å². The molecule has 14 heavy (non-hydrogen) atoms. The average molecular weight is 205 g/mol. The smallest absolute Gasteiger partial charge is 0.387 e. The summed E-state index contributed by atoms with van der Waals surface area (Å²) in [4.78, 5) is 0. The summed E-state index contributed by atoms with van der Waals surface area (Å²) in [6.07, 6.45) is 0. The molecule has 2 N–H and O–H groups in total. The zero-order valence-corrected chi connectivity index (χ0v) is 7.51. The van der Waals surface area contributed by atoms with Crippen LogP contribution in [0.15, 0.2) is 18.2 Å². The van der Waals surface area contributed by atoms with E-state index in [0.717, 1.165) is 18.2 Å². The van der Waals surface area contributed by atoms with Gasteiger partial charge in [0.25, 0.3) is 0 Å². The Kier molecular flexibility index (Phi) is 3.35. The second-order valence-corrected chi connectivity index (χ2v) is 2.85. The predicted molar refractivity (Wildman–Crippen MR) is 45.6 cm³/mol. The van der Waals surface area contributed by atoms with Crippen LogP contribution in [-0.2, 0) is 0 Å². The third-order valence-electron chi connectivity index (χ3n) is 1.68. The molecule has 0 amide bonds. The van der Waals surface area contributed by atoms with Crippen molar-refractivity contribution in [3.05, 3.63) is 29.6 Å². The fourth-order valence-corrected chi connectivity index (χ4v) is 1.08. The van der Waals surface area contributed by atoms with E-state index in [2.05, 4.69) is 4.74 Å². The van der Waals surface area contributed by atoms with Gasteiger partial charge in [0.1, 0.15) is 11.6 Å². The van der Waals surface area contributed by atoms with Crippen LogP contribution < -0.4 is 10.5 Å². The van der Waals surface area contributed by atoms with Crippen LogP contribution in [-0.4, -0.2) is 6.61 Å². The molecule has 1 aromatic rings. The van der Waals surface area contributed by atoms with E-state index in [1.54, 1.807) is 6.92 Å². The minimum atomic E-state index is -2.93. The largest absolute Gasteiger partial charge is 0.434 e. The minimum Gasteiger partial charge on any atom is -0.434 e. The highest BCUT2D eigenvalue weighted by Crippen LogP contribution is 2.25. The molecular formula is C9H10F3NO. The van der Waals surface area contributed by atoms with Crippen LogP contribution in [0.3, 0.4) is 0 Å². The third kappa shape index (κ3) is 2.63. The summed E-state index contributed by atoms with van der Waals surface area (Å²) >= 11 is 0. The molecule has 0 aliphatic rings. The Morgan fingerprint density at radius 3 is 2.50 bits per heavy atom. The lowest BCUT2D eigenvalue weighted by Crippen LogP contribution is -2.10. The Morgan fingerprint density at radius 2 is 2.00 bits per heavy atom. The summed E-state index contributed by atoms with van der Waals surface area (Å²) < 4.78 is 40.7. The zero-order chi connectivity index (χ0) is 10.7. The Bertz CT molecular complexity index is 315. The van der Waals surface area contributed by atoms with Gasteiger partial charge >= 0.3 is 6.61 Å². The maximum Gasteiger partial charge on any atom is 0.387 e. The van der Waals surface area contributed by atoms with Gasteiger partial charge in [-0.3, -0.25) is 0 Å². The van der Waals surface area contributed by atoms with Gasteiger partial charge in [0.05, 0.1) is 0 Å². The Hall–Kier alpha value is -1.23. The zero-order valence-electron chi connectivity index (χ0n) is 7.51. The van der Waals surface area contributed by atoms with E-state index in [-0.39, 0.29) is 11.3 Å². The molecule has 1 atom stereocenters. The third-order valence-corrected chi connectivity index (χ3v) is 1.68. The van der Waals surface area contributed by atoms with Crippen LogP contribution in [0.5, 0.6) is 5.75 Å². The topological polar surface area (TPSA) is 35.2 Å². The van der Waals surface area contributed by atoms with Crippen molar-refractivity contribution in [2.24, 2.45) is 5.73 Å². The van der Waals surface area contributed by atoms with Gasteiger partial charge in [-0.25, -0.2) is 4.39 Å². The van der Waals surface area contributed by atoms with E-state index in [1.165, 1.54) is 0 Å². The molecule has 0 saturated heterocycles. The van der Waals surface area contributed by atoms with Crippen molar-refractivity contribution in [2.45, 2.75) is 19.6 Å². The molecule has 0 heterocycles. The standard InChI is InChI=1S/C9H10F3NO/c1-5(13)7-4-6(10)2-3-8(7)14-9(11)12/h2-5,9H,13H2,1H3/t5-/m0/s1. The molecule has 0 radical (unpaired) electrons. The molecule has 0 aliphatic heterocycles. The van der Waals surface area contributed by atoms with E-state index < -0.39 is 18.5 Å². The van der Waals surface area contributed by atoms with Crippen molar-refractivity contribution in [1.82, 2.24) is 0 Å². The summed E-state index contributed by atoms with van der Waals surface area (Å²) in [6.45, 7) is -1.37. The average Bonchev–Trinajstić information content (AvgIpc) is 2.07. The van der Waals surface area contributed by atoms with Crippen LogP contribution in [0.4, 0.5) is 13.2 Å². The van der Waals surface area contributed by atoms with Gasteiger partial charge < -0.3 is 10.5 Å². The highest BCUT2D eigenvalue weighted by molar-refractivity contribution is 5.36. The fourth-order valence-electron chi connectivity index (χ4n) is 1.08. The first-order chi connectivity index (χ1) is 6.50. The number of nitrogens with two attached hydrogens (primary N) is 1. The number of halogens is 3. The SMILES string of the molecule is C[C@H](N)c1cc(F)ccc1OC(F)F. The maximum absolute atomic E-state index is 12.7. The number of alkyl halides is 2. The van der Waals surface area contributed by atoms with Crippen LogP contribution in [0.1, 0.15) is 18.5 Å². The molecule has 0 spiro atoms. The Balaban J connectivity index is 3.02. The molecule has 5 heteroatoms. The second-order valence-electron chi connectivity index (χ2n) is 2.85. The van der Waals surface area contributed by atoms with Crippen molar-refractivity contribution < 1.29 is 17.9 Å². The lowest BCUT2D eigenvalue weighted by atomic mass is 10.1. The maximum atomic E-state index is 12.7. The molecule has 0 aliphatic carbocycles. The molecule has 1 aromatic carbocycles. The molecule has 0 saturated carbocycles. The Morgan fingerprint density at radius 1 is 1.36 bits per heavy atom. The lowest BCUT2D eigenvalue weighted by molar-refractivity contribution is -0.0506. The molecule has 0 unspecified atom stereocenters. The number of ether oxygens (including phenoxy) is 1. The number of rotatable bonds is 3. The predicted octanol–water partition coefficient (Wildman–Crippen LogP) is 2.45. The first-order valence-corrected chi connectivity index (χ1v) is 4.00. The van der Waals surface area contributed by atoms with Crippen molar-refractivity contribution in [3.8, 4) is 5.75 Å². The van der Waals surface area contributed by atoms with E-state index >= 15 is 0 Å². The van der Waals surface area contributed by atoms with Crippen LogP contribution in [0.25, 0.3) is 0 Å². The molecule has 1 rings (SSSR count). The Labute approximate surface area is 79.5 Å². The van der Waals surface area contributed by atoms with Gasteiger partial charge in [0.2, 0.25) is 0 Å². The first kappa shape index (κ1) is 10.8. The second kappa shape index (κ2) is 4.32. The van der Waals surface area contributed by atoms with Gasteiger partial charge in [0.15, 0.2) is 0 Å². The highest BCUT2D eigenvalue weighted by atomic mass is 19.3. The monoisotopic (exact) mass is 205 g/mol. The first-order valence-electron chi connectivity index (χ1n) is 4.00. The van der Waals surface area contributed by atoms with Gasteiger partial charge in [-0.15, -0.1) is 0 Å². The van der Waals surface area contributed by atoms with Gasteiger partial charge in [0, 0.05) is 11.6 Å². The van der Waals surface area contributed by atoms with E-state index in [9.17, 15) is 13.2 Å². The molecule has 0 fully saturated rings. The van der Waals surface area contributed by atoms with E-state index in [0.29, 0.717) is 0 Å².